The third kappa shape index (κ3) is 2.36. The van der Waals surface area contributed by atoms with Gasteiger partial charge in [-0.1, -0.05) is 6.07 Å². The molecule has 0 radical (unpaired) electrons. The van der Waals surface area contributed by atoms with Gasteiger partial charge in [-0.05, 0) is 50.8 Å². The first-order valence-corrected chi connectivity index (χ1v) is 8.43. The number of rotatable bonds is 3. The first-order valence-electron chi connectivity index (χ1n) is 8.00. The first-order chi connectivity index (χ1) is 10.1. The van der Waals surface area contributed by atoms with Gasteiger partial charge in [-0.2, -0.15) is 0 Å². The molecule has 4 rings (SSSR count). The van der Waals surface area contributed by atoms with Crippen LogP contribution in [0, 0.1) is 6.92 Å². The molecule has 4 heteroatoms. The lowest BCUT2D eigenvalue weighted by atomic mass is 10.2. The summed E-state index contributed by atoms with van der Waals surface area (Å²) in [6.07, 6.45) is 3.98. The molecule has 2 atom stereocenters. The third-order valence-corrected chi connectivity index (χ3v) is 5.05. The zero-order valence-corrected chi connectivity index (χ0v) is 13.5. The Morgan fingerprint density at radius 2 is 2.05 bits per heavy atom. The van der Waals surface area contributed by atoms with E-state index in [-0.39, 0.29) is 5.38 Å². The molecule has 2 fully saturated rings. The second kappa shape index (κ2) is 4.99. The maximum absolute atomic E-state index is 6.41. The van der Waals surface area contributed by atoms with E-state index in [1.54, 1.807) is 0 Å². The van der Waals surface area contributed by atoms with Gasteiger partial charge < -0.3 is 4.57 Å². The highest BCUT2D eigenvalue weighted by atomic mass is 35.5. The lowest BCUT2D eigenvalue weighted by Gasteiger charge is -2.19. The molecule has 1 aliphatic heterocycles. The average Bonchev–Trinajstić information content (AvgIpc) is 3.06. The Hall–Kier alpha value is -1.06. The summed E-state index contributed by atoms with van der Waals surface area (Å²) in [6.45, 7) is 6.52. The second-order valence-corrected chi connectivity index (χ2v) is 7.27. The fourth-order valence-corrected chi connectivity index (χ4v) is 3.80. The molecule has 1 saturated heterocycles. The molecule has 21 heavy (non-hydrogen) atoms. The summed E-state index contributed by atoms with van der Waals surface area (Å²) in [5.74, 6) is 1.03. The van der Waals surface area contributed by atoms with E-state index in [1.165, 1.54) is 36.9 Å². The van der Waals surface area contributed by atoms with Gasteiger partial charge in [0.05, 0.1) is 16.4 Å². The SMILES string of the molecule is Cc1ccc2c(c1)nc(C(C)Cl)n2C1CCN(C2CC2)C1. The molecular weight excluding hydrogens is 282 g/mol. The van der Waals surface area contributed by atoms with Gasteiger partial charge in [0.15, 0.2) is 0 Å². The standard InChI is InChI=1S/C17H22ClN3/c1-11-3-6-16-15(9-11)19-17(12(2)18)21(16)14-7-8-20(10-14)13-4-5-13/h3,6,9,12-14H,4-5,7-8,10H2,1-2H3. The van der Waals surface area contributed by atoms with Crippen LogP contribution in [0.15, 0.2) is 18.2 Å². The highest BCUT2D eigenvalue weighted by Gasteiger charge is 2.36. The summed E-state index contributed by atoms with van der Waals surface area (Å²) in [7, 11) is 0. The number of alkyl halides is 1. The number of likely N-dealkylation sites (tertiary alicyclic amines) is 1. The molecule has 0 spiro atoms. The third-order valence-electron chi connectivity index (χ3n) is 4.85. The van der Waals surface area contributed by atoms with Crippen LogP contribution in [-0.2, 0) is 0 Å². The largest absolute Gasteiger partial charge is 0.322 e. The summed E-state index contributed by atoms with van der Waals surface area (Å²) >= 11 is 6.41. The highest BCUT2D eigenvalue weighted by molar-refractivity contribution is 6.20. The Morgan fingerprint density at radius 3 is 2.76 bits per heavy atom. The highest BCUT2D eigenvalue weighted by Crippen LogP contribution is 2.37. The summed E-state index contributed by atoms with van der Waals surface area (Å²) in [6, 6.07) is 7.93. The minimum atomic E-state index is -0.0484. The van der Waals surface area contributed by atoms with Crippen molar-refractivity contribution in [1.29, 1.82) is 0 Å². The van der Waals surface area contributed by atoms with E-state index in [4.69, 9.17) is 16.6 Å². The Balaban J connectivity index is 1.76. The molecule has 112 valence electrons. The fourth-order valence-electron chi connectivity index (χ4n) is 3.64. The number of benzene rings is 1. The molecule has 2 aromatic rings. The first kappa shape index (κ1) is 13.6. The van der Waals surface area contributed by atoms with E-state index in [9.17, 15) is 0 Å². The lowest BCUT2D eigenvalue weighted by molar-refractivity contribution is 0.313. The van der Waals surface area contributed by atoms with Gasteiger partial charge >= 0.3 is 0 Å². The Labute approximate surface area is 130 Å². The molecule has 1 aliphatic carbocycles. The number of fused-ring (bicyclic) bond motifs is 1. The van der Waals surface area contributed by atoms with Crippen LogP contribution in [0.4, 0.5) is 0 Å². The number of hydrogen-bond acceptors (Lipinski definition) is 2. The van der Waals surface area contributed by atoms with Gasteiger partial charge in [0.1, 0.15) is 5.82 Å². The minimum Gasteiger partial charge on any atom is -0.322 e. The van der Waals surface area contributed by atoms with Crippen molar-refractivity contribution in [2.24, 2.45) is 0 Å². The Bertz CT molecular complexity index is 672. The van der Waals surface area contributed by atoms with Gasteiger partial charge in [0.25, 0.3) is 0 Å². The number of nitrogens with zero attached hydrogens (tertiary/aromatic N) is 3. The smallest absolute Gasteiger partial charge is 0.128 e. The average molecular weight is 304 g/mol. The molecule has 0 amide bonds. The zero-order chi connectivity index (χ0) is 14.6. The van der Waals surface area contributed by atoms with Crippen LogP contribution in [-0.4, -0.2) is 33.6 Å². The van der Waals surface area contributed by atoms with Crippen LogP contribution in [0.5, 0.6) is 0 Å². The zero-order valence-electron chi connectivity index (χ0n) is 12.7. The number of imidazole rings is 1. The van der Waals surface area contributed by atoms with Crippen LogP contribution < -0.4 is 0 Å². The van der Waals surface area contributed by atoms with Crippen molar-refractivity contribution in [3.05, 3.63) is 29.6 Å². The summed E-state index contributed by atoms with van der Waals surface area (Å²) in [4.78, 5) is 7.46. The normalized spacial score (nSPS) is 24.8. The fraction of sp³-hybridized carbons (Fsp3) is 0.588. The number of halogens is 1. The van der Waals surface area contributed by atoms with Crippen LogP contribution in [0.2, 0.25) is 0 Å². The van der Waals surface area contributed by atoms with Crippen LogP contribution in [0.25, 0.3) is 11.0 Å². The molecule has 0 bridgehead atoms. The van der Waals surface area contributed by atoms with Crippen molar-refractivity contribution in [3.8, 4) is 0 Å². The maximum atomic E-state index is 6.41. The molecule has 1 saturated carbocycles. The number of aryl methyl sites for hydroxylation is 1. The number of hydrogen-bond donors (Lipinski definition) is 0. The Morgan fingerprint density at radius 1 is 1.24 bits per heavy atom. The quantitative estimate of drug-likeness (QED) is 0.798. The van der Waals surface area contributed by atoms with Crippen molar-refractivity contribution in [2.45, 2.75) is 50.6 Å². The second-order valence-electron chi connectivity index (χ2n) is 6.62. The van der Waals surface area contributed by atoms with Gasteiger partial charge in [-0.3, -0.25) is 4.90 Å². The maximum Gasteiger partial charge on any atom is 0.128 e. The van der Waals surface area contributed by atoms with E-state index >= 15 is 0 Å². The summed E-state index contributed by atoms with van der Waals surface area (Å²) < 4.78 is 2.41. The molecule has 3 nitrogen and oxygen atoms in total. The van der Waals surface area contributed by atoms with Crippen LogP contribution in [0.3, 0.4) is 0 Å². The van der Waals surface area contributed by atoms with Gasteiger partial charge in [0, 0.05) is 25.2 Å². The predicted octanol–water partition coefficient (Wildman–Crippen LogP) is 4.05. The molecule has 0 N–H and O–H groups in total. The predicted molar refractivity (Wildman–Crippen MR) is 87.0 cm³/mol. The van der Waals surface area contributed by atoms with Gasteiger partial charge in [0.2, 0.25) is 0 Å². The topological polar surface area (TPSA) is 21.1 Å². The van der Waals surface area contributed by atoms with Crippen molar-refractivity contribution in [1.82, 2.24) is 14.5 Å². The molecule has 2 unspecified atom stereocenters. The number of aromatic nitrogens is 2. The molecule has 1 aromatic carbocycles. The van der Waals surface area contributed by atoms with E-state index < -0.39 is 0 Å². The Kier molecular flexibility index (Phi) is 3.23. The van der Waals surface area contributed by atoms with E-state index in [0.717, 1.165) is 23.9 Å². The van der Waals surface area contributed by atoms with Gasteiger partial charge in [-0.25, -0.2) is 4.98 Å². The summed E-state index contributed by atoms with van der Waals surface area (Å²) in [5.41, 5.74) is 3.58. The molecule has 2 aliphatic rings. The van der Waals surface area contributed by atoms with Crippen LogP contribution in [0.1, 0.15) is 49.0 Å². The van der Waals surface area contributed by atoms with E-state index in [2.05, 4.69) is 34.6 Å². The molecule has 2 heterocycles. The van der Waals surface area contributed by atoms with Gasteiger partial charge in [-0.15, -0.1) is 11.6 Å². The van der Waals surface area contributed by atoms with Crippen molar-refractivity contribution < 1.29 is 0 Å². The van der Waals surface area contributed by atoms with Crippen molar-refractivity contribution in [2.75, 3.05) is 13.1 Å². The minimum absolute atomic E-state index is 0.0484. The molecule has 1 aromatic heterocycles. The molecular formula is C17H22ClN3. The lowest BCUT2D eigenvalue weighted by Crippen LogP contribution is -2.24. The van der Waals surface area contributed by atoms with Crippen molar-refractivity contribution >= 4 is 22.6 Å². The van der Waals surface area contributed by atoms with E-state index in [0.29, 0.717) is 6.04 Å². The summed E-state index contributed by atoms with van der Waals surface area (Å²) in [5, 5.41) is -0.0484. The van der Waals surface area contributed by atoms with E-state index in [1.807, 2.05) is 6.92 Å². The monoisotopic (exact) mass is 303 g/mol. The van der Waals surface area contributed by atoms with Crippen molar-refractivity contribution in [3.63, 3.8) is 0 Å². The van der Waals surface area contributed by atoms with Crippen LogP contribution >= 0.6 is 11.6 Å².